The molecule has 1 amide bonds. The number of hydrogen-bond donors (Lipinski definition) is 2. The third-order valence-corrected chi connectivity index (χ3v) is 3.74. The molecule has 1 heterocycles. The third-order valence-electron chi connectivity index (χ3n) is 3.43. The summed E-state index contributed by atoms with van der Waals surface area (Å²) in [5, 5.41) is 0.342. The average Bonchev–Trinajstić information content (AvgIpc) is 3.21. The van der Waals surface area contributed by atoms with Crippen molar-refractivity contribution in [1.82, 2.24) is 9.88 Å². The van der Waals surface area contributed by atoms with E-state index in [0.29, 0.717) is 16.8 Å². The highest BCUT2D eigenvalue weighted by Crippen LogP contribution is 2.35. The molecule has 6 heteroatoms. The predicted molar refractivity (Wildman–Crippen MR) is 71.3 cm³/mol. The number of nitrogen functional groups attached to an aromatic ring is 1. The Labute approximate surface area is 111 Å². The number of aromatic nitrogens is 1. The Hall–Kier alpha value is -1.33. The van der Waals surface area contributed by atoms with Crippen molar-refractivity contribution in [3.05, 3.63) is 22.8 Å². The number of hydrazine groups is 1. The zero-order valence-corrected chi connectivity index (χ0v) is 11.2. The molecule has 0 aliphatic heterocycles. The standard InChI is InChI=1S/C12H17ClN4O/c1-7(8-3-4-8)17(2)12(18)11-9(13)5-6-10(15-11)16-14/h5-8H,3-4,14H2,1-2H3,(H,15,16). The summed E-state index contributed by atoms with van der Waals surface area (Å²) in [6.07, 6.45) is 2.37. The summed E-state index contributed by atoms with van der Waals surface area (Å²) in [4.78, 5) is 18.1. The van der Waals surface area contributed by atoms with Crippen molar-refractivity contribution in [3.8, 4) is 0 Å². The molecule has 0 radical (unpaired) electrons. The highest BCUT2D eigenvalue weighted by molar-refractivity contribution is 6.33. The lowest BCUT2D eigenvalue weighted by molar-refractivity contribution is 0.0721. The number of nitrogens with one attached hydrogen (secondary N) is 1. The molecule has 1 saturated carbocycles. The van der Waals surface area contributed by atoms with E-state index in [4.69, 9.17) is 17.4 Å². The number of anilines is 1. The van der Waals surface area contributed by atoms with Gasteiger partial charge in [-0.15, -0.1) is 0 Å². The van der Waals surface area contributed by atoms with Gasteiger partial charge in [0.25, 0.3) is 5.91 Å². The van der Waals surface area contributed by atoms with Crippen LogP contribution in [0.3, 0.4) is 0 Å². The highest BCUT2D eigenvalue weighted by Gasteiger charge is 2.33. The first-order valence-electron chi connectivity index (χ1n) is 5.95. The molecule has 0 bridgehead atoms. The van der Waals surface area contributed by atoms with Crippen LogP contribution in [-0.2, 0) is 0 Å². The van der Waals surface area contributed by atoms with Crippen LogP contribution in [0, 0.1) is 5.92 Å². The van der Waals surface area contributed by atoms with Gasteiger partial charge in [-0.25, -0.2) is 10.8 Å². The van der Waals surface area contributed by atoms with Crippen LogP contribution in [0.2, 0.25) is 5.02 Å². The molecule has 1 aromatic rings. The Morgan fingerprint density at radius 2 is 2.28 bits per heavy atom. The zero-order valence-electron chi connectivity index (χ0n) is 10.5. The minimum atomic E-state index is -0.170. The van der Waals surface area contributed by atoms with E-state index >= 15 is 0 Å². The van der Waals surface area contributed by atoms with Crippen molar-refractivity contribution < 1.29 is 4.79 Å². The summed E-state index contributed by atoms with van der Waals surface area (Å²) >= 11 is 6.01. The molecular formula is C12H17ClN4O. The van der Waals surface area contributed by atoms with E-state index in [0.717, 1.165) is 0 Å². The van der Waals surface area contributed by atoms with Gasteiger partial charge >= 0.3 is 0 Å². The summed E-state index contributed by atoms with van der Waals surface area (Å²) in [6, 6.07) is 3.46. The average molecular weight is 269 g/mol. The first-order chi connectivity index (χ1) is 8.54. The summed E-state index contributed by atoms with van der Waals surface area (Å²) in [7, 11) is 1.78. The van der Waals surface area contributed by atoms with E-state index in [1.165, 1.54) is 12.8 Å². The molecule has 1 aromatic heterocycles. The van der Waals surface area contributed by atoms with Crippen molar-refractivity contribution in [2.45, 2.75) is 25.8 Å². The third kappa shape index (κ3) is 2.57. The Morgan fingerprint density at radius 1 is 1.61 bits per heavy atom. The molecule has 0 spiro atoms. The smallest absolute Gasteiger partial charge is 0.274 e. The highest BCUT2D eigenvalue weighted by atomic mass is 35.5. The molecule has 1 aliphatic rings. The lowest BCUT2D eigenvalue weighted by Gasteiger charge is -2.24. The van der Waals surface area contributed by atoms with E-state index in [9.17, 15) is 4.79 Å². The van der Waals surface area contributed by atoms with Gasteiger partial charge in [0.05, 0.1) is 5.02 Å². The molecule has 1 fully saturated rings. The van der Waals surface area contributed by atoms with Crippen molar-refractivity contribution in [2.24, 2.45) is 11.8 Å². The van der Waals surface area contributed by atoms with E-state index in [1.54, 1.807) is 24.1 Å². The molecule has 1 unspecified atom stereocenters. The largest absolute Gasteiger partial charge is 0.337 e. The van der Waals surface area contributed by atoms with Crippen LogP contribution < -0.4 is 11.3 Å². The quantitative estimate of drug-likeness (QED) is 0.646. The number of pyridine rings is 1. The maximum Gasteiger partial charge on any atom is 0.274 e. The molecule has 5 nitrogen and oxygen atoms in total. The van der Waals surface area contributed by atoms with E-state index in [2.05, 4.69) is 17.3 Å². The zero-order chi connectivity index (χ0) is 13.3. The predicted octanol–water partition coefficient (Wildman–Crippen LogP) is 1.89. The van der Waals surface area contributed by atoms with Gasteiger partial charge in [-0.3, -0.25) is 4.79 Å². The van der Waals surface area contributed by atoms with Crippen molar-refractivity contribution in [3.63, 3.8) is 0 Å². The van der Waals surface area contributed by atoms with Gasteiger partial charge in [0.1, 0.15) is 11.5 Å². The number of nitrogens with two attached hydrogens (primary N) is 1. The first kappa shape index (κ1) is 13.1. The fourth-order valence-electron chi connectivity index (χ4n) is 1.92. The van der Waals surface area contributed by atoms with Gasteiger partial charge in [0.15, 0.2) is 0 Å². The Bertz CT molecular complexity index is 461. The van der Waals surface area contributed by atoms with Crippen LogP contribution in [0.25, 0.3) is 0 Å². The van der Waals surface area contributed by atoms with Crippen LogP contribution in [0.5, 0.6) is 0 Å². The minimum absolute atomic E-state index is 0.170. The lowest BCUT2D eigenvalue weighted by Crippen LogP contribution is -2.37. The summed E-state index contributed by atoms with van der Waals surface area (Å²) in [5.74, 6) is 6.14. The molecule has 0 saturated heterocycles. The van der Waals surface area contributed by atoms with Crippen molar-refractivity contribution in [2.75, 3.05) is 12.5 Å². The van der Waals surface area contributed by atoms with Gasteiger partial charge in [0.2, 0.25) is 0 Å². The molecule has 1 atom stereocenters. The van der Waals surface area contributed by atoms with E-state index in [1.807, 2.05) is 0 Å². The van der Waals surface area contributed by atoms with Crippen LogP contribution in [-0.4, -0.2) is 28.9 Å². The van der Waals surface area contributed by atoms with Crippen LogP contribution in [0.4, 0.5) is 5.82 Å². The number of hydrogen-bond acceptors (Lipinski definition) is 4. The number of amides is 1. The Kier molecular flexibility index (Phi) is 3.73. The number of nitrogens with zero attached hydrogens (tertiary/aromatic N) is 2. The number of halogens is 1. The topological polar surface area (TPSA) is 71.2 Å². The molecule has 2 rings (SSSR count). The molecular weight excluding hydrogens is 252 g/mol. The number of carbonyl (C=O) groups is 1. The second-order valence-corrected chi connectivity index (χ2v) is 5.07. The Balaban J connectivity index is 2.21. The first-order valence-corrected chi connectivity index (χ1v) is 6.32. The fraction of sp³-hybridized carbons (Fsp3) is 0.500. The van der Waals surface area contributed by atoms with Gasteiger partial charge in [-0.2, -0.15) is 0 Å². The second-order valence-electron chi connectivity index (χ2n) is 4.67. The summed E-state index contributed by atoms with van der Waals surface area (Å²) in [5.41, 5.74) is 2.65. The van der Waals surface area contributed by atoms with Crippen LogP contribution in [0.1, 0.15) is 30.3 Å². The normalized spacial score (nSPS) is 16.2. The molecule has 1 aliphatic carbocycles. The van der Waals surface area contributed by atoms with Crippen LogP contribution in [0.15, 0.2) is 12.1 Å². The minimum Gasteiger partial charge on any atom is -0.337 e. The summed E-state index contributed by atoms with van der Waals surface area (Å²) < 4.78 is 0. The summed E-state index contributed by atoms with van der Waals surface area (Å²) in [6.45, 7) is 2.05. The van der Waals surface area contributed by atoms with E-state index < -0.39 is 0 Å². The molecule has 18 heavy (non-hydrogen) atoms. The van der Waals surface area contributed by atoms with Crippen molar-refractivity contribution in [1.29, 1.82) is 0 Å². The van der Waals surface area contributed by atoms with Gasteiger partial charge in [-0.1, -0.05) is 11.6 Å². The molecule has 3 N–H and O–H groups in total. The molecule has 0 aromatic carbocycles. The van der Waals surface area contributed by atoms with Gasteiger partial charge in [0, 0.05) is 13.1 Å². The second kappa shape index (κ2) is 5.12. The van der Waals surface area contributed by atoms with Crippen molar-refractivity contribution >= 4 is 23.3 Å². The molecule has 98 valence electrons. The van der Waals surface area contributed by atoms with Gasteiger partial charge in [-0.05, 0) is 37.8 Å². The number of carbonyl (C=O) groups excluding carboxylic acids is 1. The monoisotopic (exact) mass is 268 g/mol. The lowest BCUT2D eigenvalue weighted by atomic mass is 10.2. The maximum atomic E-state index is 12.3. The SMILES string of the molecule is CC(C1CC1)N(C)C(=O)c1nc(NN)ccc1Cl. The van der Waals surface area contributed by atoms with Gasteiger partial charge < -0.3 is 10.3 Å². The fourth-order valence-corrected chi connectivity index (χ4v) is 2.11. The number of rotatable bonds is 4. The Morgan fingerprint density at radius 3 is 2.83 bits per heavy atom. The van der Waals surface area contributed by atoms with Crippen LogP contribution >= 0.6 is 11.6 Å². The van der Waals surface area contributed by atoms with E-state index in [-0.39, 0.29) is 17.6 Å². The maximum absolute atomic E-state index is 12.3.